The second-order valence-electron chi connectivity index (χ2n) is 5.22. The lowest BCUT2D eigenvalue weighted by molar-refractivity contribution is -0.131. The number of nitrogens with zero attached hydrogens (tertiary/aromatic N) is 4. The highest BCUT2D eigenvalue weighted by Gasteiger charge is 2.21. The third-order valence-corrected chi connectivity index (χ3v) is 3.51. The molecular formula is C14H18N6O2. The van der Waals surface area contributed by atoms with Crippen LogP contribution in [0.2, 0.25) is 0 Å². The Morgan fingerprint density at radius 1 is 1.41 bits per heavy atom. The van der Waals surface area contributed by atoms with Gasteiger partial charge >= 0.3 is 0 Å². The number of rotatable bonds is 3. The summed E-state index contributed by atoms with van der Waals surface area (Å²) in [5.41, 5.74) is 0.847. The largest absolute Gasteiger partial charge is 0.390 e. The van der Waals surface area contributed by atoms with Crippen molar-refractivity contribution in [3.63, 3.8) is 0 Å². The maximum absolute atomic E-state index is 12.3. The van der Waals surface area contributed by atoms with Crippen molar-refractivity contribution in [2.45, 2.75) is 12.5 Å². The molecule has 0 unspecified atom stereocenters. The molecular weight excluding hydrogens is 284 g/mol. The molecule has 22 heavy (non-hydrogen) atoms. The molecule has 3 rings (SSSR count). The summed E-state index contributed by atoms with van der Waals surface area (Å²) in [6.07, 6.45) is 2.95. The number of pyridine rings is 1. The molecule has 0 bridgehead atoms. The minimum atomic E-state index is -0.534. The van der Waals surface area contributed by atoms with E-state index in [2.05, 4.69) is 25.5 Å². The molecule has 2 aromatic rings. The zero-order chi connectivity index (χ0) is 15.4. The molecule has 2 aromatic heterocycles. The second kappa shape index (κ2) is 6.63. The number of β-amino-alcohol motifs (C(OH)–C–C–N with tert-alkyl or cyclic N) is 1. The minimum absolute atomic E-state index is 0.0693. The quantitative estimate of drug-likeness (QED) is 0.685. The van der Waals surface area contributed by atoms with Gasteiger partial charge in [-0.1, -0.05) is 0 Å². The highest BCUT2D eigenvalue weighted by atomic mass is 16.3. The second-order valence-corrected chi connectivity index (χ2v) is 5.22. The van der Waals surface area contributed by atoms with Crippen molar-refractivity contribution < 1.29 is 9.90 Å². The van der Waals surface area contributed by atoms with Crippen molar-refractivity contribution in [2.75, 3.05) is 26.2 Å². The molecule has 0 aromatic carbocycles. The highest BCUT2D eigenvalue weighted by molar-refractivity contribution is 5.78. The maximum Gasteiger partial charge on any atom is 0.230 e. The van der Waals surface area contributed by atoms with Crippen LogP contribution in [-0.4, -0.2) is 68.4 Å². The first-order valence-electron chi connectivity index (χ1n) is 7.20. The zero-order valence-electron chi connectivity index (χ0n) is 12.1. The van der Waals surface area contributed by atoms with Crippen LogP contribution in [0.15, 0.2) is 24.5 Å². The van der Waals surface area contributed by atoms with E-state index in [-0.39, 0.29) is 12.3 Å². The molecule has 1 aliphatic heterocycles. The number of aromatic amines is 1. The van der Waals surface area contributed by atoms with Gasteiger partial charge in [0.1, 0.15) is 5.82 Å². The minimum Gasteiger partial charge on any atom is -0.390 e. The van der Waals surface area contributed by atoms with Gasteiger partial charge in [0, 0.05) is 44.1 Å². The van der Waals surface area contributed by atoms with E-state index in [4.69, 9.17) is 0 Å². The number of aliphatic hydroxyl groups is 1. The molecule has 0 radical (unpaired) electrons. The van der Waals surface area contributed by atoms with E-state index in [0.717, 1.165) is 5.56 Å². The topological polar surface area (TPSA) is 107 Å². The predicted octanol–water partition coefficient (Wildman–Crippen LogP) is -0.798. The first-order valence-corrected chi connectivity index (χ1v) is 7.20. The number of carbonyl (C=O) groups is 1. The third kappa shape index (κ3) is 3.46. The van der Waals surface area contributed by atoms with E-state index >= 15 is 0 Å². The first kappa shape index (κ1) is 14.6. The van der Waals surface area contributed by atoms with Crippen LogP contribution in [0.1, 0.15) is 5.82 Å². The number of aliphatic hydroxyl groups excluding tert-OH is 1. The van der Waals surface area contributed by atoms with E-state index in [1.54, 1.807) is 17.3 Å². The summed E-state index contributed by atoms with van der Waals surface area (Å²) in [4.78, 5) is 22.2. The fraction of sp³-hybridized carbons (Fsp3) is 0.429. The summed E-state index contributed by atoms with van der Waals surface area (Å²) in [6, 6.07) is 3.62. The number of amides is 1. The number of aromatic nitrogens is 4. The van der Waals surface area contributed by atoms with E-state index in [9.17, 15) is 9.90 Å². The Morgan fingerprint density at radius 3 is 3.05 bits per heavy atom. The van der Waals surface area contributed by atoms with Gasteiger partial charge in [-0.15, -0.1) is 0 Å². The van der Waals surface area contributed by atoms with Crippen molar-refractivity contribution in [2.24, 2.45) is 0 Å². The maximum atomic E-state index is 12.3. The van der Waals surface area contributed by atoms with Crippen LogP contribution in [0.4, 0.5) is 0 Å². The molecule has 8 nitrogen and oxygen atoms in total. The smallest absolute Gasteiger partial charge is 0.230 e. The van der Waals surface area contributed by atoms with Gasteiger partial charge in [-0.05, 0) is 12.1 Å². The summed E-state index contributed by atoms with van der Waals surface area (Å²) in [5, 5.41) is 19.7. The van der Waals surface area contributed by atoms with Gasteiger partial charge in [-0.3, -0.25) is 14.9 Å². The summed E-state index contributed by atoms with van der Waals surface area (Å²) < 4.78 is 0. The molecule has 1 aliphatic rings. The molecule has 116 valence electrons. The molecule has 1 saturated heterocycles. The van der Waals surface area contributed by atoms with E-state index in [1.165, 1.54) is 0 Å². The van der Waals surface area contributed by atoms with Crippen LogP contribution in [0.25, 0.3) is 11.4 Å². The van der Waals surface area contributed by atoms with Gasteiger partial charge in [0.15, 0.2) is 5.82 Å². The van der Waals surface area contributed by atoms with Crippen LogP contribution in [0.5, 0.6) is 0 Å². The Labute approximate surface area is 127 Å². The van der Waals surface area contributed by atoms with Gasteiger partial charge in [0.2, 0.25) is 5.91 Å². The lowest BCUT2D eigenvalue weighted by Crippen LogP contribution is -2.38. The summed E-state index contributed by atoms with van der Waals surface area (Å²) in [5.74, 6) is 0.992. The average molecular weight is 302 g/mol. The number of hydrogen-bond donors (Lipinski definition) is 3. The average Bonchev–Trinajstić information content (AvgIpc) is 2.88. The van der Waals surface area contributed by atoms with Gasteiger partial charge in [0.05, 0.1) is 12.5 Å². The molecule has 3 N–H and O–H groups in total. The SMILES string of the molecule is O=C(Cc1nc(-c2ccncc2)n[nH]1)N1CCNC[C@H](O)C1. The predicted molar refractivity (Wildman–Crippen MR) is 78.8 cm³/mol. The molecule has 1 fully saturated rings. The van der Waals surface area contributed by atoms with Crippen molar-refractivity contribution >= 4 is 5.91 Å². The third-order valence-electron chi connectivity index (χ3n) is 3.51. The van der Waals surface area contributed by atoms with Crippen molar-refractivity contribution in [3.05, 3.63) is 30.4 Å². The molecule has 3 heterocycles. The normalized spacial score (nSPS) is 19.0. The van der Waals surface area contributed by atoms with Crippen LogP contribution in [0, 0.1) is 0 Å². The summed E-state index contributed by atoms with van der Waals surface area (Å²) in [6.45, 7) is 2.12. The highest BCUT2D eigenvalue weighted by Crippen LogP contribution is 2.13. The lowest BCUT2D eigenvalue weighted by atomic mass is 10.2. The van der Waals surface area contributed by atoms with Crippen LogP contribution in [0.3, 0.4) is 0 Å². The van der Waals surface area contributed by atoms with Crippen LogP contribution in [-0.2, 0) is 11.2 Å². The van der Waals surface area contributed by atoms with Gasteiger partial charge in [0.25, 0.3) is 0 Å². The monoisotopic (exact) mass is 302 g/mol. The molecule has 0 saturated carbocycles. The molecule has 0 aliphatic carbocycles. The number of carbonyl (C=O) groups excluding carboxylic acids is 1. The lowest BCUT2D eigenvalue weighted by Gasteiger charge is -2.21. The molecule has 0 spiro atoms. The standard InChI is InChI=1S/C14H18N6O2/c21-11-8-16-5-6-20(9-11)13(22)7-12-17-14(19-18-12)10-1-3-15-4-2-10/h1-4,11,16,21H,5-9H2,(H,17,18,19)/t11-/m0/s1. The van der Waals surface area contributed by atoms with Crippen molar-refractivity contribution in [1.29, 1.82) is 0 Å². The number of hydrogen-bond acceptors (Lipinski definition) is 6. The van der Waals surface area contributed by atoms with Crippen molar-refractivity contribution in [1.82, 2.24) is 30.4 Å². The Morgan fingerprint density at radius 2 is 2.23 bits per heavy atom. The number of H-pyrrole nitrogens is 1. The molecule has 1 atom stereocenters. The number of nitrogens with one attached hydrogen (secondary N) is 2. The Hall–Kier alpha value is -2.32. The zero-order valence-corrected chi connectivity index (χ0v) is 12.1. The first-order chi connectivity index (χ1) is 10.7. The summed E-state index contributed by atoms with van der Waals surface area (Å²) >= 11 is 0. The van der Waals surface area contributed by atoms with E-state index in [1.807, 2.05) is 12.1 Å². The fourth-order valence-corrected chi connectivity index (χ4v) is 2.38. The van der Waals surface area contributed by atoms with Gasteiger partial charge in [-0.2, -0.15) is 5.10 Å². The van der Waals surface area contributed by atoms with Gasteiger partial charge < -0.3 is 15.3 Å². The fourth-order valence-electron chi connectivity index (χ4n) is 2.38. The van der Waals surface area contributed by atoms with Crippen molar-refractivity contribution in [3.8, 4) is 11.4 Å². The van der Waals surface area contributed by atoms with Crippen LogP contribution >= 0.6 is 0 Å². The van der Waals surface area contributed by atoms with Gasteiger partial charge in [-0.25, -0.2) is 4.98 Å². The Kier molecular flexibility index (Phi) is 4.40. The van der Waals surface area contributed by atoms with Crippen LogP contribution < -0.4 is 5.32 Å². The summed E-state index contributed by atoms with van der Waals surface area (Å²) in [7, 11) is 0. The Balaban J connectivity index is 1.66. The Bertz CT molecular complexity index is 629. The molecule has 8 heteroatoms. The van der Waals surface area contributed by atoms with E-state index < -0.39 is 6.10 Å². The van der Waals surface area contributed by atoms with E-state index in [0.29, 0.717) is 37.8 Å². The molecule has 1 amide bonds.